The Labute approximate surface area is 126 Å². The lowest BCUT2D eigenvalue weighted by atomic mass is 10.3. The van der Waals surface area contributed by atoms with Crippen molar-refractivity contribution in [3.05, 3.63) is 45.8 Å². The summed E-state index contributed by atoms with van der Waals surface area (Å²) in [7, 11) is 1.54. The highest BCUT2D eigenvalue weighted by Gasteiger charge is 2.22. The van der Waals surface area contributed by atoms with Gasteiger partial charge in [0, 0.05) is 11.8 Å². The minimum atomic E-state index is -0.492. The van der Waals surface area contributed by atoms with Gasteiger partial charge in [-0.25, -0.2) is 0 Å². The standard InChI is InChI=1S/C14H16N4O4/c1-9-14(18(20)21)10(2)17(16-9)8-13(19)15-11-5-4-6-12(7-11)22-3/h4-7H,8H2,1-3H3,(H,15,19). The zero-order chi connectivity index (χ0) is 16.3. The topological polar surface area (TPSA) is 99.3 Å². The van der Waals surface area contributed by atoms with E-state index in [4.69, 9.17) is 4.74 Å². The van der Waals surface area contributed by atoms with Crippen LogP contribution in [0.5, 0.6) is 5.75 Å². The van der Waals surface area contributed by atoms with E-state index in [0.29, 0.717) is 17.1 Å². The number of carbonyl (C=O) groups excluding carboxylic acids is 1. The lowest BCUT2D eigenvalue weighted by Gasteiger charge is -2.07. The van der Waals surface area contributed by atoms with Crippen molar-refractivity contribution in [2.45, 2.75) is 20.4 Å². The van der Waals surface area contributed by atoms with Crippen LogP contribution in [0.1, 0.15) is 11.4 Å². The highest BCUT2D eigenvalue weighted by Crippen LogP contribution is 2.22. The molecule has 0 saturated heterocycles. The predicted molar refractivity (Wildman–Crippen MR) is 80.0 cm³/mol. The number of amides is 1. The third kappa shape index (κ3) is 3.22. The van der Waals surface area contributed by atoms with Crippen LogP contribution >= 0.6 is 0 Å². The van der Waals surface area contributed by atoms with Crippen molar-refractivity contribution in [3.63, 3.8) is 0 Å². The molecule has 0 unspecified atom stereocenters. The van der Waals surface area contributed by atoms with E-state index < -0.39 is 4.92 Å². The molecule has 1 aromatic heterocycles. The molecule has 2 aromatic rings. The van der Waals surface area contributed by atoms with Crippen molar-refractivity contribution in [3.8, 4) is 5.75 Å². The fourth-order valence-electron chi connectivity index (χ4n) is 2.14. The summed E-state index contributed by atoms with van der Waals surface area (Å²) in [5.74, 6) is 0.299. The number of ether oxygens (including phenoxy) is 1. The Kier molecular flexibility index (Phi) is 4.40. The van der Waals surface area contributed by atoms with E-state index in [1.165, 1.54) is 11.8 Å². The summed E-state index contributed by atoms with van der Waals surface area (Å²) in [6.07, 6.45) is 0. The molecule has 0 radical (unpaired) electrons. The molecule has 0 aliphatic rings. The Hall–Kier alpha value is -2.90. The van der Waals surface area contributed by atoms with E-state index in [1.54, 1.807) is 38.1 Å². The van der Waals surface area contributed by atoms with Gasteiger partial charge in [0.2, 0.25) is 5.91 Å². The first-order chi connectivity index (χ1) is 10.4. The van der Waals surface area contributed by atoms with E-state index >= 15 is 0 Å². The number of anilines is 1. The summed E-state index contributed by atoms with van der Waals surface area (Å²) < 4.78 is 6.40. The molecular formula is C14H16N4O4. The van der Waals surface area contributed by atoms with E-state index in [-0.39, 0.29) is 23.8 Å². The number of hydrogen-bond donors (Lipinski definition) is 1. The zero-order valence-electron chi connectivity index (χ0n) is 12.5. The number of methoxy groups -OCH3 is 1. The maximum Gasteiger partial charge on any atom is 0.312 e. The van der Waals surface area contributed by atoms with Gasteiger partial charge in [-0.1, -0.05) is 6.07 Å². The van der Waals surface area contributed by atoms with Gasteiger partial charge in [0.15, 0.2) is 0 Å². The minimum Gasteiger partial charge on any atom is -0.497 e. The van der Waals surface area contributed by atoms with Crippen LogP contribution in [-0.2, 0) is 11.3 Å². The average Bonchev–Trinajstić information content (AvgIpc) is 2.73. The first kappa shape index (κ1) is 15.5. The largest absolute Gasteiger partial charge is 0.497 e. The number of nitrogens with one attached hydrogen (secondary N) is 1. The van der Waals surface area contributed by atoms with Crippen LogP contribution in [-0.4, -0.2) is 27.7 Å². The molecule has 116 valence electrons. The molecule has 1 heterocycles. The average molecular weight is 304 g/mol. The molecule has 8 heteroatoms. The van der Waals surface area contributed by atoms with Crippen LogP contribution in [0, 0.1) is 24.0 Å². The van der Waals surface area contributed by atoms with Crippen LogP contribution < -0.4 is 10.1 Å². The molecule has 8 nitrogen and oxygen atoms in total. The van der Waals surface area contributed by atoms with Gasteiger partial charge in [-0.15, -0.1) is 0 Å². The molecule has 2 rings (SSSR count). The number of nitro groups is 1. The number of nitrogens with zero attached hydrogens (tertiary/aromatic N) is 3. The molecule has 0 bridgehead atoms. The summed E-state index contributed by atoms with van der Waals surface area (Å²) >= 11 is 0. The van der Waals surface area contributed by atoms with Crippen LogP contribution in [0.25, 0.3) is 0 Å². The number of carbonyl (C=O) groups is 1. The van der Waals surface area contributed by atoms with Crippen molar-refractivity contribution in [2.24, 2.45) is 0 Å². The van der Waals surface area contributed by atoms with Crippen LogP contribution in [0.4, 0.5) is 11.4 Å². The van der Waals surface area contributed by atoms with Crippen LogP contribution in [0.2, 0.25) is 0 Å². The summed E-state index contributed by atoms with van der Waals surface area (Å²) in [4.78, 5) is 22.5. The summed E-state index contributed by atoms with van der Waals surface area (Å²) in [5.41, 5.74) is 1.16. The Morgan fingerprint density at radius 1 is 1.45 bits per heavy atom. The fraction of sp³-hybridized carbons (Fsp3) is 0.286. The number of benzene rings is 1. The molecule has 22 heavy (non-hydrogen) atoms. The van der Waals surface area contributed by atoms with Gasteiger partial charge in [-0.2, -0.15) is 5.10 Å². The van der Waals surface area contributed by atoms with Crippen molar-refractivity contribution in [2.75, 3.05) is 12.4 Å². The highest BCUT2D eigenvalue weighted by atomic mass is 16.6. The highest BCUT2D eigenvalue weighted by molar-refractivity contribution is 5.90. The maximum atomic E-state index is 12.0. The summed E-state index contributed by atoms with van der Waals surface area (Å²) in [6.45, 7) is 3.01. The SMILES string of the molecule is COc1cccc(NC(=O)Cn2nc(C)c([N+](=O)[O-])c2C)c1. The van der Waals surface area contributed by atoms with Gasteiger partial charge in [0.1, 0.15) is 23.7 Å². The quantitative estimate of drug-likeness (QED) is 0.673. The molecule has 0 atom stereocenters. The molecule has 1 aromatic carbocycles. The summed E-state index contributed by atoms with van der Waals surface area (Å²) in [5, 5.41) is 17.7. The smallest absolute Gasteiger partial charge is 0.312 e. The molecule has 0 aliphatic heterocycles. The Balaban J connectivity index is 2.12. The normalized spacial score (nSPS) is 10.3. The second-order valence-corrected chi connectivity index (χ2v) is 4.71. The second kappa shape index (κ2) is 6.25. The van der Waals surface area contributed by atoms with E-state index in [2.05, 4.69) is 10.4 Å². The first-order valence-electron chi connectivity index (χ1n) is 6.54. The molecule has 0 aliphatic carbocycles. The monoisotopic (exact) mass is 304 g/mol. The molecule has 1 N–H and O–H groups in total. The third-order valence-corrected chi connectivity index (χ3v) is 3.17. The second-order valence-electron chi connectivity index (χ2n) is 4.71. The van der Waals surface area contributed by atoms with Gasteiger partial charge in [-0.3, -0.25) is 19.6 Å². The number of aryl methyl sites for hydroxylation is 1. The van der Waals surface area contributed by atoms with Crippen LogP contribution in [0.15, 0.2) is 24.3 Å². The molecule has 0 saturated carbocycles. The molecular weight excluding hydrogens is 288 g/mol. The van der Waals surface area contributed by atoms with Crippen molar-refractivity contribution >= 4 is 17.3 Å². The fourth-order valence-corrected chi connectivity index (χ4v) is 2.14. The minimum absolute atomic E-state index is 0.0609. The third-order valence-electron chi connectivity index (χ3n) is 3.17. The van der Waals surface area contributed by atoms with Gasteiger partial charge in [0.25, 0.3) is 0 Å². The number of rotatable bonds is 5. The molecule has 0 fully saturated rings. The first-order valence-corrected chi connectivity index (χ1v) is 6.54. The van der Waals surface area contributed by atoms with Crippen LogP contribution in [0.3, 0.4) is 0 Å². The number of aromatic nitrogens is 2. The lowest BCUT2D eigenvalue weighted by molar-refractivity contribution is -0.386. The zero-order valence-corrected chi connectivity index (χ0v) is 12.5. The van der Waals surface area contributed by atoms with Gasteiger partial charge in [-0.05, 0) is 26.0 Å². The lowest BCUT2D eigenvalue weighted by Crippen LogP contribution is -2.20. The van der Waals surface area contributed by atoms with Gasteiger partial charge in [0.05, 0.1) is 12.0 Å². The van der Waals surface area contributed by atoms with Gasteiger partial charge >= 0.3 is 5.69 Å². The van der Waals surface area contributed by atoms with Crippen molar-refractivity contribution in [1.82, 2.24) is 9.78 Å². The Morgan fingerprint density at radius 2 is 2.18 bits per heavy atom. The molecule has 1 amide bonds. The van der Waals surface area contributed by atoms with Crippen molar-refractivity contribution < 1.29 is 14.5 Å². The molecule has 0 spiro atoms. The van der Waals surface area contributed by atoms with E-state index in [9.17, 15) is 14.9 Å². The van der Waals surface area contributed by atoms with Gasteiger partial charge < -0.3 is 10.1 Å². The Bertz CT molecular complexity index is 724. The van der Waals surface area contributed by atoms with E-state index in [1.807, 2.05) is 0 Å². The Morgan fingerprint density at radius 3 is 2.77 bits per heavy atom. The van der Waals surface area contributed by atoms with E-state index in [0.717, 1.165) is 0 Å². The number of hydrogen-bond acceptors (Lipinski definition) is 5. The maximum absolute atomic E-state index is 12.0. The van der Waals surface area contributed by atoms with Crippen molar-refractivity contribution in [1.29, 1.82) is 0 Å². The predicted octanol–water partition coefficient (Wildman–Crippen LogP) is 2.06. The summed E-state index contributed by atoms with van der Waals surface area (Å²) in [6, 6.07) is 6.92.